The fourth-order valence-electron chi connectivity index (χ4n) is 1.28. The molecule has 0 saturated carbocycles. The lowest BCUT2D eigenvalue weighted by Crippen LogP contribution is -2.14. The van der Waals surface area contributed by atoms with Gasteiger partial charge in [-0.15, -0.1) is 0 Å². The highest BCUT2D eigenvalue weighted by molar-refractivity contribution is 5.38. The van der Waals surface area contributed by atoms with Gasteiger partial charge < -0.3 is 14.8 Å². The molecule has 0 atom stereocenters. The lowest BCUT2D eigenvalue weighted by atomic mass is 10.4. The highest BCUT2D eigenvalue weighted by atomic mass is 19.4. The summed E-state index contributed by atoms with van der Waals surface area (Å²) in [6, 6.07) is 1.34. The SMILES string of the molecule is CCNc1cc(OCCCOC)nc(C(F)(F)F)n1. The lowest BCUT2D eigenvalue weighted by molar-refractivity contribution is -0.145. The quantitative estimate of drug-likeness (QED) is 0.776. The van der Waals surface area contributed by atoms with Crippen LogP contribution in [-0.4, -0.2) is 36.8 Å². The van der Waals surface area contributed by atoms with E-state index in [4.69, 9.17) is 9.47 Å². The third-order valence-corrected chi connectivity index (χ3v) is 2.06. The number of rotatable bonds is 7. The minimum atomic E-state index is -4.60. The molecule has 0 aliphatic heterocycles. The molecule has 8 heteroatoms. The average molecular weight is 279 g/mol. The van der Waals surface area contributed by atoms with Gasteiger partial charge in [0.05, 0.1) is 6.61 Å². The maximum Gasteiger partial charge on any atom is 0.451 e. The topological polar surface area (TPSA) is 56.3 Å². The van der Waals surface area contributed by atoms with Crippen molar-refractivity contribution in [3.05, 3.63) is 11.9 Å². The molecule has 0 fully saturated rings. The molecule has 0 amide bonds. The summed E-state index contributed by atoms with van der Waals surface area (Å²) < 4.78 is 47.8. The molecule has 0 aliphatic carbocycles. The molecule has 108 valence electrons. The van der Waals surface area contributed by atoms with E-state index in [1.54, 1.807) is 6.92 Å². The summed E-state index contributed by atoms with van der Waals surface area (Å²) in [7, 11) is 1.54. The molecular weight excluding hydrogens is 263 g/mol. The molecule has 19 heavy (non-hydrogen) atoms. The van der Waals surface area contributed by atoms with Crippen molar-refractivity contribution in [3.63, 3.8) is 0 Å². The Morgan fingerprint density at radius 1 is 1.26 bits per heavy atom. The highest BCUT2D eigenvalue weighted by Gasteiger charge is 2.35. The first-order chi connectivity index (χ1) is 8.97. The van der Waals surface area contributed by atoms with Crippen LogP contribution in [0.2, 0.25) is 0 Å². The van der Waals surface area contributed by atoms with Crippen molar-refractivity contribution >= 4 is 5.82 Å². The number of aromatic nitrogens is 2. The number of nitrogens with zero attached hydrogens (tertiary/aromatic N) is 2. The Balaban J connectivity index is 2.81. The minimum absolute atomic E-state index is 0.0894. The monoisotopic (exact) mass is 279 g/mol. The third kappa shape index (κ3) is 5.29. The second kappa shape index (κ2) is 7.13. The summed E-state index contributed by atoms with van der Waals surface area (Å²) in [6.45, 7) is 2.91. The van der Waals surface area contributed by atoms with Crippen LogP contribution in [0.4, 0.5) is 19.0 Å². The van der Waals surface area contributed by atoms with Gasteiger partial charge in [-0.25, -0.2) is 4.98 Å². The van der Waals surface area contributed by atoms with Crippen molar-refractivity contribution < 1.29 is 22.6 Å². The molecule has 1 aromatic rings. The second-order valence-electron chi connectivity index (χ2n) is 3.64. The summed E-state index contributed by atoms with van der Waals surface area (Å²) >= 11 is 0. The fraction of sp³-hybridized carbons (Fsp3) is 0.636. The van der Waals surface area contributed by atoms with Crippen LogP contribution in [0, 0.1) is 0 Å². The molecular formula is C11H16F3N3O2. The first-order valence-electron chi connectivity index (χ1n) is 5.79. The normalized spacial score (nSPS) is 11.4. The predicted molar refractivity (Wildman–Crippen MR) is 63.2 cm³/mol. The lowest BCUT2D eigenvalue weighted by Gasteiger charge is -2.11. The molecule has 1 aromatic heterocycles. The van der Waals surface area contributed by atoms with Crippen LogP contribution >= 0.6 is 0 Å². The highest BCUT2D eigenvalue weighted by Crippen LogP contribution is 2.28. The van der Waals surface area contributed by atoms with Gasteiger partial charge in [0.1, 0.15) is 5.82 Å². The maximum absolute atomic E-state index is 12.6. The second-order valence-corrected chi connectivity index (χ2v) is 3.64. The van der Waals surface area contributed by atoms with Gasteiger partial charge in [-0.05, 0) is 6.92 Å². The van der Waals surface area contributed by atoms with E-state index in [1.807, 2.05) is 0 Å². The first kappa shape index (κ1) is 15.5. The first-order valence-corrected chi connectivity index (χ1v) is 5.79. The number of alkyl halides is 3. The molecule has 0 bridgehead atoms. The van der Waals surface area contributed by atoms with Gasteiger partial charge in [-0.1, -0.05) is 0 Å². The van der Waals surface area contributed by atoms with Crippen molar-refractivity contribution in [3.8, 4) is 5.88 Å². The van der Waals surface area contributed by atoms with Gasteiger partial charge in [-0.3, -0.25) is 0 Å². The molecule has 0 aliphatic rings. The van der Waals surface area contributed by atoms with E-state index in [9.17, 15) is 13.2 Å². The molecule has 0 radical (unpaired) electrons. The summed E-state index contributed by atoms with van der Waals surface area (Å²) in [5, 5.41) is 2.71. The van der Waals surface area contributed by atoms with E-state index < -0.39 is 12.0 Å². The number of nitrogens with one attached hydrogen (secondary N) is 1. The molecule has 1 N–H and O–H groups in total. The van der Waals surface area contributed by atoms with Crippen molar-refractivity contribution in [1.29, 1.82) is 0 Å². The van der Waals surface area contributed by atoms with Gasteiger partial charge in [0.15, 0.2) is 0 Å². The molecule has 5 nitrogen and oxygen atoms in total. The zero-order chi connectivity index (χ0) is 14.3. The van der Waals surface area contributed by atoms with Gasteiger partial charge in [0, 0.05) is 32.7 Å². The number of hydrogen-bond acceptors (Lipinski definition) is 5. The molecule has 0 aromatic carbocycles. The fourth-order valence-corrected chi connectivity index (χ4v) is 1.28. The van der Waals surface area contributed by atoms with Crippen molar-refractivity contribution in [2.24, 2.45) is 0 Å². The van der Waals surface area contributed by atoms with Gasteiger partial charge in [0.25, 0.3) is 0 Å². The average Bonchev–Trinajstić information content (AvgIpc) is 2.34. The molecule has 1 heterocycles. The number of anilines is 1. The zero-order valence-electron chi connectivity index (χ0n) is 10.8. The molecule has 0 unspecified atom stereocenters. The van der Waals surface area contributed by atoms with Gasteiger partial charge in [0.2, 0.25) is 11.7 Å². The Morgan fingerprint density at radius 3 is 2.58 bits per heavy atom. The standard InChI is InChI=1S/C11H16F3N3O2/c1-3-15-8-7-9(19-6-4-5-18-2)17-10(16-8)11(12,13)14/h7H,3-6H2,1-2H3,(H,15,16,17). The van der Waals surface area contributed by atoms with E-state index in [0.29, 0.717) is 19.6 Å². The summed E-state index contributed by atoms with van der Waals surface area (Å²) in [4.78, 5) is 6.73. The molecule has 0 saturated heterocycles. The van der Waals surface area contributed by atoms with Crippen LogP contribution in [-0.2, 0) is 10.9 Å². The van der Waals surface area contributed by atoms with Crippen LogP contribution in [0.3, 0.4) is 0 Å². The van der Waals surface area contributed by atoms with Crippen molar-refractivity contribution in [2.75, 3.05) is 32.2 Å². The van der Waals surface area contributed by atoms with Crippen LogP contribution in [0.1, 0.15) is 19.2 Å². The van der Waals surface area contributed by atoms with Crippen LogP contribution in [0.15, 0.2) is 6.07 Å². The smallest absolute Gasteiger partial charge is 0.451 e. The minimum Gasteiger partial charge on any atom is -0.477 e. The summed E-state index contributed by atoms with van der Waals surface area (Å²) in [5.74, 6) is -1.23. The van der Waals surface area contributed by atoms with Crippen molar-refractivity contribution in [2.45, 2.75) is 19.5 Å². The largest absolute Gasteiger partial charge is 0.477 e. The van der Waals surface area contributed by atoms with Crippen LogP contribution in [0.25, 0.3) is 0 Å². The van der Waals surface area contributed by atoms with E-state index in [-0.39, 0.29) is 18.3 Å². The molecule has 1 rings (SSSR count). The number of halogens is 3. The molecule has 0 spiro atoms. The zero-order valence-corrected chi connectivity index (χ0v) is 10.8. The Labute approximate surface area is 109 Å². The Bertz CT molecular complexity index is 399. The Morgan fingerprint density at radius 2 is 2.00 bits per heavy atom. The number of ether oxygens (including phenoxy) is 2. The van der Waals surface area contributed by atoms with E-state index in [0.717, 1.165) is 0 Å². The Hall–Kier alpha value is -1.57. The maximum atomic E-state index is 12.6. The van der Waals surface area contributed by atoms with E-state index >= 15 is 0 Å². The summed E-state index contributed by atoms with van der Waals surface area (Å²) in [6.07, 6.45) is -4.03. The van der Waals surface area contributed by atoms with Crippen molar-refractivity contribution in [1.82, 2.24) is 9.97 Å². The Kier molecular flexibility index (Phi) is 5.81. The number of methoxy groups -OCH3 is 1. The third-order valence-electron chi connectivity index (χ3n) is 2.06. The van der Waals surface area contributed by atoms with Gasteiger partial charge >= 0.3 is 6.18 Å². The van der Waals surface area contributed by atoms with E-state index in [2.05, 4.69) is 15.3 Å². The van der Waals surface area contributed by atoms with Gasteiger partial charge in [-0.2, -0.15) is 18.2 Å². The predicted octanol–water partition coefficient (Wildman–Crippen LogP) is 2.34. The van der Waals surface area contributed by atoms with Crippen LogP contribution < -0.4 is 10.1 Å². The van der Waals surface area contributed by atoms with Crippen LogP contribution in [0.5, 0.6) is 5.88 Å². The van der Waals surface area contributed by atoms with E-state index in [1.165, 1.54) is 13.2 Å². The summed E-state index contributed by atoms with van der Waals surface area (Å²) in [5.41, 5.74) is 0. The number of hydrogen-bond donors (Lipinski definition) is 1.